The zero-order valence-corrected chi connectivity index (χ0v) is 15.7. The summed E-state index contributed by atoms with van der Waals surface area (Å²) in [6.07, 6.45) is 6.97. The Morgan fingerprint density at radius 1 is 1.16 bits per heavy atom. The number of ether oxygens (including phenoxy) is 1. The summed E-state index contributed by atoms with van der Waals surface area (Å²) in [4.78, 5) is 12.4. The molecule has 0 radical (unpaired) electrons. The van der Waals surface area contributed by atoms with Crippen LogP contribution in [0.15, 0.2) is 40.9 Å². The minimum absolute atomic E-state index is 0.0497. The van der Waals surface area contributed by atoms with Gasteiger partial charge in [0, 0.05) is 21.3 Å². The lowest BCUT2D eigenvalue weighted by atomic mass is 9.94. The molecule has 4 heteroatoms. The third-order valence-electron chi connectivity index (χ3n) is 5.12. The van der Waals surface area contributed by atoms with Crippen molar-refractivity contribution in [2.45, 2.75) is 31.6 Å². The van der Waals surface area contributed by atoms with Crippen LogP contribution >= 0.6 is 15.9 Å². The highest BCUT2D eigenvalue weighted by Crippen LogP contribution is 2.40. The summed E-state index contributed by atoms with van der Waals surface area (Å²) in [5.74, 6) is 1.46. The Labute approximate surface area is 156 Å². The minimum atomic E-state index is -0.0497. The number of carbonyl (C=O) groups is 1. The van der Waals surface area contributed by atoms with Crippen LogP contribution in [0.1, 0.15) is 48.3 Å². The van der Waals surface area contributed by atoms with Crippen LogP contribution in [0.3, 0.4) is 0 Å². The first kappa shape index (κ1) is 16.4. The van der Waals surface area contributed by atoms with Crippen molar-refractivity contribution in [3.8, 4) is 5.75 Å². The van der Waals surface area contributed by atoms with Crippen molar-refractivity contribution in [1.29, 1.82) is 0 Å². The molecule has 0 unspecified atom stereocenters. The third-order valence-corrected chi connectivity index (χ3v) is 5.62. The predicted molar refractivity (Wildman–Crippen MR) is 105 cm³/mol. The average molecular weight is 398 g/mol. The second-order valence-corrected chi connectivity index (χ2v) is 7.60. The molecule has 128 valence electrons. The van der Waals surface area contributed by atoms with E-state index in [0.29, 0.717) is 11.5 Å². The molecule has 0 bridgehead atoms. The van der Waals surface area contributed by atoms with Crippen LogP contribution in [0.25, 0.3) is 11.6 Å². The van der Waals surface area contributed by atoms with Crippen LogP contribution in [-0.4, -0.2) is 13.0 Å². The Morgan fingerprint density at radius 3 is 2.72 bits per heavy atom. The van der Waals surface area contributed by atoms with Gasteiger partial charge in [-0.3, -0.25) is 4.79 Å². The number of carbonyl (C=O) groups excluding carboxylic acids is 1. The van der Waals surface area contributed by atoms with Crippen molar-refractivity contribution in [2.75, 3.05) is 12.4 Å². The summed E-state index contributed by atoms with van der Waals surface area (Å²) in [5.41, 5.74) is 4.82. The van der Waals surface area contributed by atoms with E-state index in [-0.39, 0.29) is 5.91 Å². The first-order valence-electron chi connectivity index (χ1n) is 8.66. The summed E-state index contributed by atoms with van der Waals surface area (Å²) in [6.45, 7) is 0. The smallest absolute Gasteiger partial charge is 0.256 e. The molecule has 0 atom stereocenters. The summed E-state index contributed by atoms with van der Waals surface area (Å²) in [5, 5.41) is 2.93. The second kappa shape index (κ2) is 6.68. The van der Waals surface area contributed by atoms with Crippen LogP contribution in [0, 0.1) is 0 Å². The molecule has 4 rings (SSSR count). The first-order valence-corrected chi connectivity index (χ1v) is 9.46. The lowest BCUT2D eigenvalue weighted by Gasteiger charge is -2.15. The van der Waals surface area contributed by atoms with Crippen LogP contribution in [-0.2, 0) is 4.79 Å². The Bertz CT molecular complexity index is 866. The Balaban J connectivity index is 1.76. The molecular formula is C21H20BrNO2. The van der Waals surface area contributed by atoms with Gasteiger partial charge in [0.1, 0.15) is 5.75 Å². The van der Waals surface area contributed by atoms with Crippen molar-refractivity contribution in [1.82, 2.24) is 0 Å². The van der Waals surface area contributed by atoms with Gasteiger partial charge < -0.3 is 10.1 Å². The molecule has 1 aliphatic heterocycles. The van der Waals surface area contributed by atoms with Crippen molar-refractivity contribution in [3.63, 3.8) is 0 Å². The zero-order chi connectivity index (χ0) is 17.4. The molecule has 1 saturated carbocycles. The maximum absolute atomic E-state index is 12.4. The zero-order valence-electron chi connectivity index (χ0n) is 14.1. The standard InChI is InChI=1S/C21H20BrNO2/c1-25-20-9-6-13(10-16(20)14-4-2-3-5-14)11-18-17-12-15(22)7-8-19(17)23-21(18)24/h6-12,14H,2-5H2,1H3,(H,23,24)/b18-11+. The Kier molecular flexibility index (Phi) is 4.38. The molecule has 0 saturated heterocycles. The SMILES string of the molecule is COc1ccc(/C=C2/C(=O)Nc3ccc(Br)cc32)cc1C1CCCC1. The van der Waals surface area contributed by atoms with Gasteiger partial charge in [0.25, 0.3) is 5.91 Å². The normalized spacial score (nSPS) is 18.5. The van der Waals surface area contributed by atoms with Gasteiger partial charge in [-0.25, -0.2) is 0 Å². The average Bonchev–Trinajstić information content (AvgIpc) is 3.24. The largest absolute Gasteiger partial charge is 0.496 e. The molecular weight excluding hydrogens is 378 g/mol. The van der Waals surface area contributed by atoms with Crippen molar-refractivity contribution < 1.29 is 9.53 Å². The maximum atomic E-state index is 12.4. The molecule has 3 nitrogen and oxygen atoms in total. The highest BCUT2D eigenvalue weighted by atomic mass is 79.9. The molecule has 0 spiro atoms. The summed E-state index contributed by atoms with van der Waals surface area (Å²) in [6, 6.07) is 12.1. The number of nitrogens with one attached hydrogen (secondary N) is 1. The predicted octanol–water partition coefficient (Wildman–Crippen LogP) is 5.61. The van der Waals surface area contributed by atoms with E-state index < -0.39 is 0 Å². The van der Waals surface area contributed by atoms with Crippen LogP contribution < -0.4 is 10.1 Å². The molecule has 25 heavy (non-hydrogen) atoms. The fraction of sp³-hybridized carbons (Fsp3) is 0.286. The molecule has 1 amide bonds. The van der Waals surface area contributed by atoms with Gasteiger partial charge in [-0.05, 0) is 66.3 Å². The summed E-state index contributed by atoms with van der Waals surface area (Å²) in [7, 11) is 1.73. The number of anilines is 1. The van der Waals surface area contributed by atoms with E-state index in [2.05, 4.69) is 27.3 Å². The number of benzene rings is 2. The fourth-order valence-electron chi connectivity index (χ4n) is 3.87. The van der Waals surface area contributed by atoms with Gasteiger partial charge in [0.05, 0.1) is 7.11 Å². The minimum Gasteiger partial charge on any atom is -0.496 e. The van der Waals surface area contributed by atoms with E-state index in [0.717, 1.165) is 27.0 Å². The topological polar surface area (TPSA) is 38.3 Å². The van der Waals surface area contributed by atoms with Crippen LogP contribution in [0.5, 0.6) is 5.75 Å². The summed E-state index contributed by atoms with van der Waals surface area (Å²) >= 11 is 3.49. The van der Waals surface area contributed by atoms with Crippen LogP contribution in [0.4, 0.5) is 5.69 Å². The van der Waals surface area contributed by atoms with Gasteiger partial charge in [0.15, 0.2) is 0 Å². The maximum Gasteiger partial charge on any atom is 0.256 e. The number of hydrogen-bond acceptors (Lipinski definition) is 2. The molecule has 1 fully saturated rings. The molecule has 1 heterocycles. The first-order chi connectivity index (χ1) is 12.2. The van der Waals surface area contributed by atoms with E-state index in [1.54, 1.807) is 7.11 Å². The van der Waals surface area contributed by atoms with E-state index in [9.17, 15) is 4.79 Å². The number of hydrogen-bond donors (Lipinski definition) is 1. The molecule has 1 aliphatic carbocycles. The number of methoxy groups -OCH3 is 1. The third kappa shape index (κ3) is 3.11. The van der Waals surface area contributed by atoms with Gasteiger partial charge >= 0.3 is 0 Å². The van der Waals surface area contributed by atoms with Crippen molar-refractivity contribution >= 4 is 39.2 Å². The Morgan fingerprint density at radius 2 is 1.96 bits per heavy atom. The highest BCUT2D eigenvalue weighted by Gasteiger charge is 2.25. The summed E-state index contributed by atoms with van der Waals surface area (Å²) < 4.78 is 6.54. The molecule has 2 aromatic carbocycles. The fourth-order valence-corrected chi connectivity index (χ4v) is 4.23. The lowest BCUT2D eigenvalue weighted by Crippen LogP contribution is -2.03. The van der Waals surface area contributed by atoms with Gasteiger partial charge in [0.2, 0.25) is 0 Å². The number of fused-ring (bicyclic) bond motifs is 1. The lowest BCUT2D eigenvalue weighted by molar-refractivity contribution is -0.110. The van der Waals surface area contributed by atoms with Crippen molar-refractivity contribution in [3.05, 3.63) is 57.6 Å². The molecule has 2 aliphatic rings. The Hall–Kier alpha value is -2.07. The van der Waals surface area contributed by atoms with Gasteiger partial charge in [-0.15, -0.1) is 0 Å². The van der Waals surface area contributed by atoms with E-state index in [1.165, 1.54) is 31.2 Å². The number of rotatable bonds is 3. The second-order valence-electron chi connectivity index (χ2n) is 6.68. The van der Waals surface area contributed by atoms with Gasteiger partial charge in [-0.1, -0.05) is 34.8 Å². The molecule has 1 N–H and O–H groups in total. The highest BCUT2D eigenvalue weighted by molar-refractivity contribution is 9.10. The van der Waals surface area contributed by atoms with Crippen molar-refractivity contribution in [2.24, 2.45) is 0 Å². The monoisotopic (exact) mass is 397 g/mol. The van der Waals surface area contributed by atoms with E-state index in [1.807, 2.05) is 36.4 Å². The molecule has 2 aromatic rings. The van der Waals surface area contributed by atoms with Gasteiger partial charge in [-0.2, -0.15) is 0 Å². The number of amides is 1. The quantitative estimate of drug-likeness (QED) is 0.683. The van der Waals surface area contributed by atoms with E-state index >= 15 is 0 Å². The van der Waals surface area contributed by atoms with Crippen LogP contribution in [0.2, 0.25) is 0 Å². The number of halogens is 1. The van der Waals surface area contributed by atoms with E-state index in [4.69, 9.17) is 4.74 Å². The molecule has 0 aromatic heterocycles.